The molecule has 4 rings (SSSR count). The summed E-state index contributed by atoms with van der Waals surface area (Å²) in [7, 11) is 0. The first kappa shape index (κ1) is 17.8. The molecule has 2 aromatic heterocycles. The summed E-state index contributed by atoms with van der Waals surface area (Å²) >= 11 is 13.9. The second-order valence-electron chi connectivity index (χ2n) is 6.02. The Kier molecular flexibility index (Phi) is 4.75. The van der Waals surface area contributed by atoms with Crippen LogP contribution in [0.5, 0.6) is 0 Å². The molecule has 0 aliphatic carbocycles. The third kappa shape index (κ3) is 3.62. The van der Waals surface area contributed by atoms with Crippen molar-refractivity contribution >= 4 is 50.7 Å². The van der Waals surface area contributed by atoms with Crippen molar-refractivity contribution in [3.8, 4) is 6.07 Å². The minimum Gasteiger partial charge on any atom is -0.375 e. The molecule has 0 radical (unpaired) electrons. The normalized spacial score (nSPS) is 11.0. The molecule has 0 fully saturated rings. The molecule has 0 saturated carbocycles. The predicted octanol–water partition coefficient (Wildman–Crippen LogP) is 4.89. The average Bonchev–Trinajstić information content (AvgIpc) is 3.21. The molecule has 0 amide bonds. The van der Waals surface area contributed by atoms with Gasteiger partial charge in [-0.2, -0.15) is 5.26 Å². The summed E-state index contributed by atoms with van der Waals surface area (Å²) in [5, 5.41) is 13.0. The highest BCUT2D eigenvalue weighted by molar-refractivity contribution is 7.13. The third-order valence-corrected chi connectivity index (χ3v) is 5.53. The Labute approximate surface area is 169 Å². The number of hydrogen-bond donors (Lipinski definition) is 1. The molecule has 0 bridgehead atoms. The van der Waals surface area contributed by atoms with E-state index in [0.29, 0.717) is 33.7 Å². The maximum Gasteiger partial charge on any atom is 0.180 e. The Balaban J connectivity index is 1.85. The van der Waals surface area contributed by atoms with Gasteiger partial charge in [-0.3, -0.25) is 0 Å². The lowest BCUT2D eigenvalue weighted by atomic mass is 10.2. The number of benzene rings is 2. The maximum atomic E-state index is 9.26. The zero-order chi connectivity index (χ0) is 19.0. The van der Waals surface area contributed by atoms with Crippen LogP contribution in [0.4, 0.5) is 5.13 Å². The van der Waals surface area contributed by atoms with Crippen LogP contribution in [0.3, 0.4) is 0 Å². The second-order valence-corrected chi connectivity index (χ2v) is 7.75. The summed E-state index contributed by atoms with van der Waals surface area (Å²) < 4.78 is 2.04. The highest BCUT2D eigenvalue weighted by Crippen LogP contribution is 2.26. The van der Waals surface area contributed by atoms with E-state index in [2.05, 4.69) is 11.1 Å². The largest absolute Gasteiger partial charge is 0.375 e. The van der Waals surface area contributed by atoms with Gasteiger partial charge in [0.15, 0.2) is 5.13 Å². The van der Waals surface area contributed by atoms with E-state index >= 15 is 0 Å². The van der Waals surface area contributed by atoms with Crippen LogP contribution < -0.4 is 5.73 Å². The summed E-state index contributed by atoms with van der Waals surface area (Å²) in [6.45, 7) is 0.486. The number of halogens is 2. The lowest BCUT2D eigenvalue weighted by molar-refractivity contribution is 0.758. The van der Waals surface area contributed by atoms with Gasteiger partial charge in [0.25, 0.3) is 0 Å². The quantitative estimate of drug-likeness (QED) is 0.516. The lowest BCUT2D eigenvalue weighted by Gasteiger charge is -2.11. The van der Waals surface area contributed by atoms with Gasteiger partial charge in [0.2, 0.25) is 0 Å². The number of nitrogens with zero attached hydrogens (tertiary/aromatic N) is 4. The molecule has 4 aromatic rings. The summed E-state index contributed by atoms with van der Waals surface area (Å²) in [6.07, 6.45) is 0.530. The van der Waals surface area contributed by atoms with E-state index in [1.807, 2.05) is 28.1 Å². The molecular formula is C19H13Cl2N5S. The molecule has 0 aliphatic rings. The summed E-state index contributed by atoms with van der Waals surface area (Å²) in [5.74, 6) is 0.821. The number of fused-ring (bicyclic) bond motifs is 1. The fourth-order valence-corrected chi connectivity index (χ4v) is 3.89. The minimum atomic E-state index is 0.486. The fourth-order valence-electron chi connectivity index (χ4n) is 2.95. The van der Waals surface area contributed by atoms with Crippen LogP contribution in [-0.2, 0) is 13.0 Å². The van der Waals surface area contributed by atoms with E-state index < -0.39 is 0 Å². The van der Waals surface area contributed by atoms with Gasteiger partial charge in [0.1, 0.15) is 5.82 Å². The van der Waals surface area contributed by atoms with Crippen molar-refractivity contribution in [2.24, 2.45) is 0 Å². The van der Waals surface area contributed by atoms with Gasteiger partial charge < -0.3 is 10.3 Å². The highest BCUT2D eigenvalue weighted by Gasteiger charge is 2.15. The Morgan fingerprint density at radius 2 is 2.00 bits per heavy atom. The smallest absolute Gasteiger partial charge is 0.180 e. The molecule has 2 aromatic carbocycles. The van der Waals surface area contributed by atoms with Gasteiger partial charge in [-0.15, -0.1) is 11.3 Å². The first-order valence-electron chi connectivity index (χ1n) is 8.06. The van der Waals surface area contributed by atoms with Crippen LogP contribution in [0.1, 0.15) is 22.6 Å². The number of hydrogen-bond acceptors (Lipinski definition) is 5. The number of nitrogens with two attached hydrogens (primary N) is 1. The van der Waals surface area contributed by atoms with E-state index in [1.165, 1.54) is 11.3 Å². The van der Waals surface area contributed by atoms with Gasteiger partial charge in [-0.05, 0) is 42.0 Å². The van der Waals surface area contributed by atoms with Crippen molar-refractivity contribution in [2.75, 3.05) is 5.73 Å². The van der Waals surface area contributed by atoms with E-state index in [9.17, 15) is 5.26 Å². The highest BCUT2D eigenvalue weighted by atomic mass is 35.5. The molecule has 0 unspecified atom stereocenters. The minimum absolute atomic E-state index is 0.486. The fraction of sp³-hybridized carbons (Fsp3) is 0.105. The molecule has 0 saturated heterocycles. The first-order chi connectivity index (χ1) is 13.0. The van der Waals surface area contributed by atoms with Crippen LogP contribution >= 0.6 is 34.5 Å². The predicted molar refractivity (Wildman–Crippen MR) is 109 cm³/mol. The topological polar surface area (TPSA) is 80.5 Å². The van der Waals surface area contributed by atoms with Crippen LogP contribution in [0.25, 0.3) is 11.0 Å². The van der Waals surface area contributed by atoms with Crippen molar-refractivity contribution in [3.05, 3.63) is 74.5 Å². The third-order valence-electron chi connectivity index (χ3n) is 4.20. The van der Waals surface area contributed by atoms with Gasteiger partial charge in [0.05, 0.1) is 34.9 Å². The zero-order valence-corrected chi connectivity index (χ0v) is 16.3. The monoisotopic (exact) mass is 413 g/mol. The first-order valence-corrected chi connectivity index (χ1v) is 9.70. The Morgan fingerprint density at radius 3 is 2.74 bits per heavy atom. The SMILES string of the molecule is N#Cc1ccc2nc(Cc3csc(N)n3)n(Cc3cc(Cl)ccc3Cl)c2c1. The summed E-state index contributed by atoms with van der Waals surface area (Å²) in [5.41, 5.74) is 9.74. The molecule has 2 heterocycles. The number of aromatic nitrogens is 3. The van der Waals surface area contributed by atoms with Crippen molar-refractivity contribution < 1.29 is 0 Å². The Bertz CT molecular complexity index is 1190. The second kappa shape index (κ2) is 7.20. The molecule has 0 spiro atoms. The van der Waals surface area contributed by atoms with Crippen molar-refractivity contribution in [1.82, 2.24) is 14.5 Å². The molecule has 0 aliphatic heterocycles. The number of anilines is 1. The standard InChI is InChI=1S/C19H13Cl2N5S/c20-13-2-3-15(21)12(6-13)9-26-17-5-11(8-22)1-4-16(17)25-18(26)7-14-10-27-19(23)24-14/h1-6,10H,7,9H2,(H2,23,24). The molecular weight excluding hydrogens is 401 g/mol. The van der Waals surface area contributed by atoms with Gasteiger partial charge in [-0.25, -0.2) is 9.97 Å². The van der Waals surface area contributed by atoms with Crippen LogP contribution in [0, 0.1) is 11.3 Å². The number of nitriles is 1. The van der Waals surface area contributed by atoms with Crippen LogP contribution in [0.2, 0.25) is 10.0 Å². The van der Waals surface area contributed by atoms with Gasteiger partial charge in [0, 0.05) is 21.8 Å². The van der Waals surface area contributed by atoms with Crippen molar-refractivity contribution in [2.45, 2.75) is 13.0 Å². The summed E-state index contributed by atoms with van der Waals surface area (Å²) in [6, 6.07) is 13.0. The molecule has 8 heteroatoms. The Hall–Kier alpha value is -2.59. The zero-order valence-electron chi connectivity index (χ0n) is 14.0. The number of rotatable bonds is 4. The molecule has 27 heavy (non-hydrogen) atoms. The molecule has 134 valence electrons. The van der Waals surface area contributed by atoms with Crippen LogP contribution in [0.15, 0.2) is 41.8 Å². The van der Waals surface area contributed by atoms with Crippen molar-refractivity contribution in [1.29, 1.82) is 5.26 Å². The van der Waals surface area contributed by atoms with E-state index in [0.717, 1.165) is 28.1 Å². The molecule has 5 nitrogen and oxygen atoms in total. The number of nitrogen functional groups attached to an aromatic ring is 1. The van der Waals surface area contributed by atoms with E-state index in [4.69, 9.17) is 33.9 Å². The number of thiazole rings is 1. The van der Waals surface area contributed by atoms with E-state index in [1.54, 1.807) is 18.2 Å². The van der Waals surface area contributed by atoms with Crippen molar-refractivity contribution in [3.63, 3.8) is 0 Å². The Morgan fingerprint density at radius 1 is 1.15 bits per heavy atom. The summed E-state index contributed by atoms with van der Waals surface area (Å²) in [4.78, 5) is 9.08. The number of imidazole rings is 1. The van der Waals surface area contributed by atoms with Crippen LogP contribution in [-0.4, -0.2) is 14.5 Å². The molecule has 2 N–H and O–H groups in total. The maximum absolute atomic E-state index is 9.26. The van der Waals surface area contributed by atoms with Gasteiger partial charge in [-0.1, -0.05) is 23.2 Å². The van der Waals surface area contributed by atoms with E-state index in [-0.39, 0.29) is 0 Å². The van der Waals surface area contributed by atoms with Gasteiger partial charge >= 0.3 is 0 Å². The molecule has 0 atom stereocenters. The average molecular weight is 414 g/mol. The lowest BCUT2D eigenvalue weighted by Crippen LogP contribution is -2.07.